The van der Waals surface area contributed by atoms with Gasteiger partial charge in [0.05, 0.1) is 11.6 Å². The van der Waals surface area contributed by atoms with Gasteiger partial charge >= 0.3 is 11.7 Å². The molecule has 1 atom stereocenters. The standard InChI is InChI=1S/C18H25N5O2/c1-21-15-8-5-10-19-16(15)23(18(21)25)14-9-11-22(12-14)17(24)20-13-6-3-2-4-7-13/h5,8,10,13-14H,2-4,6-7,9,11-12H2,1H3,(H,20,24)/t14-/m0/s1. The van der Waals surface area contributed by atoms with Crippen molar-refractivity contribution >= 4 is 17.2 Å². The third-order valence-electron chi connectivity index (χ3n) is 5.60. The minimum absolute atomic E-state index is 0.00986. The summed E-state index contributed by atoms with van der Waals surface area (Å²) >= 11 is 0. The van der Waals surface area contributed by atoms with Crippen molar-refractivity contribution in [2.45, 2.75) is 50.6 Å². The molecule has 2 aliphatic rings. The highest BCUT2D eigenvalue weighted by molar-refractivity contribution is 5.75. The van der Waals surface area contributed by atoms with Crippen molar-refractivity contribution in [3.05, 3.63) is 28.8 Å². The van der Waals surface area contributed by atoms with Gasteiger partial charge in [0.1, 0.15) is 0 Å². The minimum Gasteiger partial charge on any atom is -0.335 e. The summed E-state index contributed by atoms with van der Waals surface area (Å²) in [6, 6.07) is 4.05. The van der Waals surface area contributed by atoms with Gasteiger partial charge in [-0.3, -0.25) is 9.13 Å². The largest absolute Gasteiger partial charge is 0.335 e. The van der Waals surface area contributed by atoms with E-state index in [0.717, 1.165) is 24.8 Å². The zero-order chi connectivity index (χ0) is 17.4. The molecule has 0 spiro atoms. The Hall–Kier alpha value is -2.31. The second-order valence-electron chi connectivity index (χ2n) is 7.23. The van der Waals surface area contributed by atoms with E-state index in [1.54, 1.807) is 22.4 Å². The van der Waals surface area contributed by atoms with Crippen molar-refractivity contribution in [1.29, 1.82) is 0 Å². The number of nitrogens with one attached hydrogen (secondary N) is 1. The lowest BCUT2D eigenvalue weighted by molar-refractivity contribution is 0.199. The van der Waals surface area contributed by atoms with E-state index in [4.69, 9.17) is 0 Å². The lowest BCUT2D eigenvalue weighted by Gasteiger charge is -2.26. The number of aromatic nitrogens is 3. The monoisotopic (exact) mass is 343 g/mol. The van der Waals surface area contributed by atoms with E-state index in [1.807, 2.05) is 17.0 Å². The van der Waals surface area contributed by atoms with Crippen molar-refractivity contribution in [3.63, 3.8) is 0 Å². The van der Waals surface area contributed by atoms with E-state index in [1.165, 1.54) is 19.3 Å². The van der Waals surface area contributed by atoms with Crippen LogP contribution in [0.15, 0.2) is 23.1 Å². The number of amides is 2. The number of carbonyl (C=O) groups is 1. The lowest BCUT2D eigenvalue weighted by Crippen LogP contribution is -2.44. The average molecular weight is 343 g/mol. The molecule has 7 heteroatoms. The van der Waals surface area contributed by atoms with Crippen LogP contribution in [0.4, 0.5) is 4.79 Å². The third kappa shape index (κ3) is 2.92. The number of urea groups is 1. The van der Waals surface area contributed by atoms with Gasteiger partial charge in [-0.15, -0.1) is 0 Å². The quantitative estimate of drug-likeness (QED) is 0.907. The molecule has 0 bridgehead atoms. The third-order valence-corrected chi connectivity index (χ3v) is 5.60. The SMILES string of the molecule is Cn1c(=O)n([C@H]2CCN(C(=O)NC3CCCCC3)C2)c2ncccc21. The fourth-order valence-electron chi connectivity index (χ4n) is 4.17. The predicted molar refractivity (Wildman–Crippen MR) is 95.6 cm³/mol. The van der Waals surface area contributed by atoms with Crippen LogP contribution in [0.25, 0.3) is 11.2 Å². The van der Waals surface area contributed by atoms with E-state index >= 15 is 0 Å². The number of aryl methyl sites for hydroxylation is 1. The molecule has 1 saturated carbocycles. The van der Waals surface area contributed by atoms with E-state index < -0.39 is 0 Å². The number of nitrogens with zero attached hydrogens (tertiary/aromatic N) is 4. The molecule has 134 valence electrons. The highest BCUT2D eigenvalue weighted by Crippen LogP contribution is 2.24. The molecule has 1 saturated heterocycles. The summed E-state index contributed by atoms with van der Waals surface area (Å²) in [5, 5.41) is 3.17. The van der Waals surface area contributed by atoms with Gasteiger partial charge in [-0.1, -0.05) is 19.3 Å². The Bertz CT molecular complexity index is 834. The first-order valence-electron chi connectivity index (χ1n) is 9.22. The molecule has 0 aromatic carbocycles. The summed E-state index contributed by atoms with van der Waals surface area (Å²) in [6.07, 6.45) is 8.32. The van der Waals surface area contributed by atoms with Gasteiger partial charge in [0.25, 0.3) is 0 Å². The lowest BCUT2D eigenvalue weighted by atomic mass is 9.96. The summed E-state index contributed by atoms with van der Waals surface area (Å²) < 4.78 is 3.39. The average Bonchev–Trinajstić information content (AvgIpc) is 3.20. The maximum Gasteiger partial charge on any atom is 0.330 e. The molecule has 2 aromatic heterocycles. The first-order valence-corrected chi connectivity index (χ1v) is 9.22. The number of likely N-dealkylation sites (tertiary alicyclic amines) is 1. The Balaban J connectivity index is 1.50. The number of carbonyl (C=O) groups excluding carboxylic acids is 1. The molecule has 2 amide bonds. The van der Waals surface area contributed by atoms with Gasteiger partial charge < -0.3 is 10.2 Å². The summed E-state index contributed by atoms with van der Waals surface area (Å²) in [7, 11) is 1.77. The van der Waals surface area contributed by atoms with Crippen LogP contribution in [0.5, 0.6) is 0 Å². The smallest absolute Gasteiger partial charge is 0.330 e. The van der Waals surface area contributed by atoms with Gasteiger partial charge in [-0.2, -0.15) is 0 Å². The molecule has 3 heterocycles. The number of imidazole rings is 1. The maximum atomic E-state index is 12.6. The van der Waals surface area contributed by atoms with Gasteiger partial charge in [0, 0.05) is 32.4 Å². The van der Waals surface area contributed by atoms with E-state index in [9.17, 15) is 9.59 Å². The fraction of sp³-hybridized carbons (Fsp3) is 0.611. The van der Waals surface area contributed by atoms with Crippen LogP contribution in [0.1, 0.15) is 44.6 Å². The molecule has 1 N–H and O–H groups in total. The van der Waals surface area contributed by atoms with Crippen LogP contribution in [-0.4, -0.2) is 44.2 Å². The Morgan fingerprint density at radius 1 is 1.24 bits per heavy atom. The van der Waals surface area contributed by atoms with Gasteiger partial charge in [-0.05, 0) is 31.4 Å². The normalized spacial score (nSPS) is 21.8. The van der Waals surface area contributed by atoms with Crippen molar-refractivity contribution < 1.29 is 4.79 Å². The summed E-state index contributed by atoms with van der Waals surface area (Å²) in [4.78, 5) is 31.4. The van der Waals surface area contributed by atoms with E-state index in [2.05, 4.69) is 10.3 Å². The van der Waals surface area contributed by atoms with Gasteiger partial charge in [0.15, 0.2) is 5.65 Å². The molecule has 4 rings (SSSR count). The molecule has 2 fully saturated rings. The van der Waals surface area contributed by atoms with Crippen molar-refractivity contribution in [2.24, 2.45) is 7.05 Å². The number of pyridine rings is 1. The number of fused-ring (bicyclic) bond motifs is 1. The van der Waals surface area contributed by atoms with Crippen molar-refractivity contribution in [3.8, 4) is 0 Å². The highest BCUT2D eigenvalue weighted by Gasteiger charge is 2.31. The molecular weight excluding hydrogens is 318 g/mol. The minimum atomic E-state index is -0.0618. The van der Waals surface area contributed by atoms with Crippen LogP contribution in [-0.2, 0) is 7.05 Å². The van der Waals surface area contributed by atoms with Crippen LogP contribution >= 0.6 is 0 Å². The maximum absolute atomic E-state index is 12.6. The molecule has 2 aromatic rings. The number of rotatable bonds is 2. The number of hydrogen-bond donors (Lipinski definition) is 1. The Morgan fingerprint density at radius 2 is 2.04 bits per heavy atom. The van der Waals surface area contributed by atoms with Crippen LogP contribution in [0, 0.1) is 0 Å². The van der Waals surface area contributed by atoms with E-state index in [0.29, 0.717) is 24.8 Å². The molecule has 1 aliphatic heterocycles. The van der Waals surface area contributed by atoms with E-state index in [-0.39, 0.29) is 17.8 Å². The molecule has 0 radical (unpaired) electrons. The Kier molecular flexibility index (Phi) is 4.23. The van der Waals surface area contributed by atoms with Crippen molar-refractivity contribution in [2.75, 3.05) is 13.1 Å². The summed E-state index contributed by atoms with van der Waals surface area (Å²) in [5.41, 5.74) is 1.47. The molecular formula is C18H25N5O2. The second-order valence-corrected chi connectivity index (χ2v) is 7.23. The molecule has 7 nitrogen and oxygen atoms in total. The predicted octanol–water partition coefficient (Wildman–Crippen LogP) is 2.02. The fourth-order valence-corrected chi connectivity index (χ4v) is 4.17. The number of hydrogen-bond acceptors (Lipinski definition) is 3. The highest BCUT2D eigenvalue weighted by atomic mass is 16.2. The first-order chi connectivity index (χ1) is 12.1. The first kappa shape index (κ1) is 16.2. The molecule has 0 unspecified atom stereocenters. The summed E-state index contributed by atoms with van der Waals surface area (Å²) in [5.74, 6) is 0. The zero-order valence-electron chi connectivity index (χ0n) is 14.6. The van der Waals surface area contributed by atoms with Crippen molar-refractivity contribution in [1.82, 2.24) is 24.3 Å². The zero-order valence-corrected chi connectivity index (χ0v) is 14.6. The van der Waals surface area contributed by atoms with Crippen LogP contribution in [0.2, 0.25) is 0 Å². The molecule has 25 heavy (non-hydrogen) atoms. The Morgan fingerprint density at radius 3 is 2.84 bits per heavy atom. The van der Waals surface area contributed by atoms with Crippen LogP contribution < -0.4 is 11.0 Å². The Labute approximate surface area is 146 Å². The molecule has 1 aliphatic carbocycles. The van der Waals surface area contributed by atoms with Gasteiger partial charge in [-0.25, -0.2) is 14.6 Å². The second kappa shape index (κ2) is 6.54. The van der Waals surface area contributed by atoms with Gasteiger partial charge in [0.2, 0.25) is 0 Å². The topological polar surface area (TPSA) is 72.2 Å². The van der Waals surface area contributed by atoms with Crippen LogP contribution in [0.3, 0.4) is 0 Å². The summed E-state index contributed by atoms with van der Waals surface area (Å²) in [6.45, 7) is 1.24.